The summed E-state index contributed by atoms with van der Waals surface area (Å²) in [7, 11) is 0. The van der Waals surface area contributed by atoms with E-state index >= 15 is 0 Å². The highest BCUT2D eigenvalue weighted by molar-refractivity contribution is 5.97. The standard InChI is InChI=1S/C28H22F2N8/c29-28(30)6-8-38(16-28)15-17-9-19(12-31-11-17)18-4-5-23-20(10-18)26(37-36-23)27-34-24-14-32-13-21(25(24)35-27)22-3-1-2-7-33-22/h1-5,7,9-14H,6,8,15-16H2,(H,34,35)(H,36,37). The number of rotatable bonds is 5. The quantitative estimate of drug-likeness (QED) is 0.321. The van der Waals surface area contributed by atoms with Gasteiger partial charge in [-0.25, -0.2) is 13.8 Å². The summed E-state index contributed by atoms with van der Waals surface area (Å²) in [6.45, 7) is 0.620. The predicted molar refractivity (Wildman–Crippen MR) is 140 cm³/mol. The van der Waals surface area contributed by atoms with Gasteiger partial charge in [-0.15, -0.1) is 0 Å². The minimum absolute atomic E-state index is 0.0960. The zero-order valence-corrected chi connectivity index (χ0v) is 20.2. The zero-order valence-electron chi connectivity index (χ0n) is 20.2. The number of likely N-dealkylation sites (tertiary alicyclic amines) is 1. The van der Waals surface area contributed by atoms with Crippen molar-refractivity contribution in [1.29, 1.82) is 0 Å². The van der Waals surface area contributed by atoms with Crippen LogP contribution in [0.3, 0.4) is 0 Å². The number of imidazole rings is 1. The fourth-order valence-electron chi connectivity index (χ4n) is 5.06. The molecule has 5 aromatic heterocycles. The van der Waals surface area contributed by atoms with Gasteiger partial charge in [0.1, 0.15) is 11.2 Å². The van der Waals surface area contributed by atoms with E-state index in [0.717, 1.165) is 49.9 Å². The van der Waals surface area contributed by atoms with Crippen LogP contribution in [0.2, 0.25) is 0 Å². The Hall–Kier alpha value is -4.57. The van der Waals surface area contributed by atoms with E-state index in [4.69, 9.17) is 4.98 Å². The molecule has 6 heterocycles. The van der Waals surface area contributed by atoms with Gasteiger partial charge in [-0.2, -0.15) is 5.10 Å². The first kappa shape index (κ1) is 22.6. The normalized spacial score (nSPS) is 15.5. The smallest absolute Gasteiger partial charge is 0.261 e. The van der Waals surface area contributed by atoms with Gasteiger partial charge in [-0.3, -0.25) is 25.0 Å². The van der Waals surface area contributed by atoms with Gasteiger partial charge in [0, 0.05) is 60.8 Å². The van der Waals surface area contributed by atoms with E-state index in [1.807, 2.05) is 42.5 Å². The third kappa shape index (κ3) is 4.08. The Morgan fingerprint density at radius 3 is 2.71 bits per heavy atom. The zero-order chi connectivity index (χ0) is 25.7. The largest absolute Gasteiger partial charge is 0.335 e. The van der Waals surface area contributed by atoms with Gasteiger partial charge >= 0.3 is 0 Å². The molecule has 38 heavy (non-hydrogen) atoms. The van der Waals surface area contributed by atoms with Crippen LogP contribution in [0, 0.1) is 0 Å². The first-order chi connectivity index (χ1) is 18.5. The Bertz CT molecular complexity index is 1780. The van der Waals surface area contributed by atoms with Crippen LogP contribution >= 0.6 is 0 Å². The summed E-state index contributed by atoms with van der Waals surface area (Å²) < 4.78 is 27.3. The van der Waals surface area contributed by atoms with Crippen molar-refractivity contribution in [2.75, 3.05) is 13.1 Å². The van der Waals surface area contributed by atoms with Gasteiger partial charge in [-0.05, 0) is 41.5 Å². The average molecular weight is 509 g/mol. The lowest BCUT2D eigenvalue weighted by Gasteiger charge is -2.15. The lowest BCUT2D eigenvalue weighted by molar-refractivity contribution is 0.0115. The van der Waals surface area contributed by atoms with Crippen LogP contribution in [0.5, 0.6) is 0 Å². The summed E-state index contributed by atoms with van der Waals surface area (Å²) in [5.74, 6) is -1.99. The molecule has 7 rings (SSSR count). The molecule has 0 saturated carbocycles. The summed E-state index contributed by atoms with van der Waals surface area (Å²) in [6.07, 6.45) is 8.68. The van der Waals surface area contributed by atoms with Gasteiger partial charge in [-0.1, -0.05) is 12.1 Å². The van der Waals surface area contributed by atoms with E-state index in [0.29, 0.717) is 24.6 Å². The molecule has 0 radical (unpaired) electrons. The second-order valence-corrected chi connectivity index (χ2v) is 9.61. The minimum Gasteiger partial charge on any atom is -0.335 e. The number of halogens is 2. The molecular formula is C28H22F2N8. The summed E-state index contributed by atoms with van der Waals surface area (Å²) >= 11 is 0. The third-order valence-electron chi connectivity index (χ3n) is 6.91. The number of nitrogens with one attached hydrogen (secondary N) is 2. The van der Waals surface area contributed by atoms with Crippen molar-refractivity contribution in [3.8, 4) is 33.9 Å². The summed E-state index contributed by atoms with van der Waals surface area (Å²) in [5.41, 5.74) is 7.52. The highest BCUT2D eigenvalue weighted by Gasteiger charge is 2.37. The fourth-order valence-corrected chi connectivity index (χ4v) is 5.06. The van der Waals surface area contributed by atoms with Crippen LogP contribution in [-0.4, -0.2) is 59.0 Å². The molecule has 0 aliphatic carbocycles. The van der Waals surface area contributed by atoms with Crippen molar-refractivity contribution < 1.29 is 8.78 Å². The highest BCUT2D eigenvalue weighted by Crippen LogP contribution is 2.33. The van der Waals surface area contributed by atoms with Gasteiger partial charge in [0.05, 0.1) is 29.5 Å². The van der Waals surface area contributed by atoms with Crippen molar-refractivity contribution >= 4 is 21.9 Å². The summed E-state index contributed by atoms with van der Waals surface area (Å²) in [5, 5.41) is 8.54. The molecular weight excluding hydrogens is 486 g/mol. The lowest BCUT2D eigenvalue weighted by atomic mass is 10.0. The van der Waals surface area contributed by atoms with Crippen LogP contribution < -0.4 is 0 Å². The van der Waals surface area contributed by atoms with Gasteiger partial charge < -0.3 is 4.98 Å². The van der Waals surface area contributed by atoms with E-state index in [1.54, 1.807) is 35.9 Å². The van der Waals surface area contributed by atoms with Crippen LogP contribution in [0.25, 0.3) is 55.8 Å². The third-order valence-corrected chi connectivity index (χ3v) is 6.91. The lowest BCUT2D eigenvalue weighted by Crippen LogP contribution is -2.24. The van der Waals surface area contributed by atoms with E-state index in [2.05, 4.69) is 30.1 Å². The van der Waals surface area contributed by atoms with Crippen molar-refractivity contribution in [2.24, 2.45) is 0 Å². The van der Waals surface area contributed by atoms with E-state index in [-0.39, 0.29) is 13.0 Å². The van der Waals surface area contributed by atoms with Crippen molar-refractivity contribution in [1.82, 2.24) is 40.0 Å². The number of nitrogens with zero attached hydrogens (tertiary/aromatic N) is 6. The Morgan fingerprint density at radius 2 is 1.87 bits per heavy atom. The van der Waals surface area contributed by atoms with E-state index in [1.165, 1.54) is 0 Å². The molecule has 0 bridgehead atoms. The number of H-pyrrole nitrogens is 2. The molecule has 8 nitrogen and oxygen atoms in total. The molecule has 10 heteroatoms. The van der Waals surface area contributed by atoms with Crippen LogP contribution in [-0.2, 0) is 6.54 Å². The summed E-state index contributed by atoms with van der Waals surface area (Å²) in [4.78, 5) is 23.2. The molecule has 1 saturated heterocycles. The minimum atomic E-state index is -2.61. The van der Waals surface area contributed by atoms with E-state index < -0.39 is 5.92 Å². The van der Waals surface area contributed by atoms with E-state index in [9.17, 15) is 8.78 Å². The Morgan fingerprint density at radius 1 is 0.947 bits per heavy atom. The highest BCUT2D eigenvalue weighted by atomic mass is 19.3. The number of pyridine rings is 3. The van der Waals surface area contributed by atoms with Crippen LogP contribution in [0.1, 0.15) is 12.0 Å². The molecule has 0 amide bonds. The first-order valence-electron chi connectivity index (χ1n) is 12.3. The number of fused-ring (bicyclic) bond motifs is 2. The maximum atomic E-state index is 13.6. The van der Waals surface area contributed by atoms with Crippen LogP contribution in [0.15, 0.2) is 73.4 Å². The maximum absolute atomic E-state index is 13.6. The van der Waals surface area contributed by atoms with Crippen molar-refractivity contribution in [3.05, 3.63) is 79.0 Å². The fraction of sp³-hybridized carbons (Fsp3) is 0.179. The number of aromatic amines is 2. The molecule has 0 atom stereocenters. The molecule has 1 fully saturated rings. The molecule has 0 spiro atoms. The number of alkyl halides is 2. The van der Waals surface area contributed by atoms with Crippen molar-refractivity contribution in [2.45, 2.75) is 18.9 Å². The second-order valence-electron chi connectivity index (χ2n) is 9.61. The number of aromatic nitrogens is 7. The second kappa shape index (κ2) is 8.77. The predicted octanol–water partition coefficient (Wildman–Crippen LogP) is 5.47. The molecule has 2 N–H and O–H groups in total. The molecule has 1 aliphatic rings. The monoisotopic (exact) mass is 508 g/mol. The van der Waals surface area contributed by atoms with Gasteiger partial charge in [0.2, 0.25) is 0 Å². The number of benzene rings is 1. The Kier molecular flexibility index (Phi) is 5.22. The summed E-state index contributed by atoms with van der Waals surface area (Å²) in [6, 6.07) is 13.8. The van der Waals surface area contributed by atoms with Gasteiger partial charge in [0.15, 0.2) is 5.82 Å². The molecule has 188 valence electrons. The van der Waals surface area contributed by atoms with Crippen molar-refractivity contribution in [3.63, 3.8) is 0 Å². The molecule has 0 unspecified atom stereocenters. The Labute approximate surface area is 215 Å². The number of hydrogen-bond acceptors (Lipinski definition) is 6. The number of hydrogen-bond donors (Lipinski definition) is 2. The van der Waals surface area contributed by atoms with Crippen LogP contribution in [0.4, 0.5) is 8.78 Å². The maximum Gasteiger partial charge on any atom is 0.261 e. The average Bonchev–Trinajstić information content (AvgIpc) is 3.64. The Balaban J connectivity index is 1.24. The molecule has 6 aromatic rings. The van der Waals surface area contributed by atoms with Gasteiger partial charge in [0.25, 0.3) is 5.92 Å². The first-order valence-corrected chi connectivity index (χ1v) is 12.3. The topological polar surface area (TPSA) is 99.3 Å². The SMILES string of the molecule is FC1(F)CCN(Cc2cncc(-c3ccc4[nH]nc(-c5nc6c(-c7ccccn7)cncc6[nH]5)c4c3)c2)C1. The molecule has 1 aliphatic heterocycles. The molecule has 1 aromatic carbocycles.